The number of carbonyl (C=O) groups is 2. The second-order valence-electron chi connectivity index (χ2n) is 12.3. The van der Waals surface area contributed by atoms with E-state index in [9.17, 15) is 18.0 Å². The van der Waals surface area contributed by atoms with Gasteiger partial charge in [0, 0.05) is 68.5 Å². The molecule has 9 nitrogen and oxygen atoms in total. The zero-order chi connectivity index (χ0) is 31.4. The Hall–Kier alpha value is -3.60. The number of carbonyl (C=O) groups excluding carboxylic acids is 2. The minimum Gasteiger partial charge on any atom is -0.340 e. The van der Waals surface area contributed by atoms with Gasteiger partial charge < -0.3 is 9.80 Å². The van der Waals surface area contributed by atoms with Gasteiger partial charge in [0.15, 0.2) is 0 Å². The number of pyridine rings is 1. The number of benzene rings is 2. The molecule has 0 N–H and O–H groups in total. The standard InChI is InChI=1S/C35H43N5O4S/c1-2-45(43,44)40-22-20-38(21-23-40)34(41)29-14-9-17-39(26-29)31-15-18-37(19-16-31)35(42)30-24-32(27-10-5-3-6-11-27)36-33(25-30)28-12-7-4-8-13-28/h3-8,10-13,24-25,29,31H,2,9,14-23,26H2,1H3/t29-/m1/s1. The summed E-state index contributed by atoms with van der Waals surface area (Å²) < 4.78 is 26.0. The summed E-state index contributed by atoms with van der Waals surface area (Å²) in [7, 11) is -3.22. The summed E-state index contributed by atoms with van der Waals surface area (Å²) in [6.45, 7) is 6.39. The maximum atomic E-state index is 13.9. The van der Waals surface area contributed by atoms with Gasteiger partial charge in [0.1, 0.15) is 0 Å². The molecule has 0 unspecified atom stereocenters. The lowest BCUT2D eigenvalue weighted by atomic mass is 9.92. The molecule has 1 atom stereocenters. The van der Waals surface area contributed by atoms with Crippen LogP contribution in [0.3, 0.4) is 0 Å². The lowest BCUT2D eigenvalue weighted by Crippen LogP contribution is -2.55. The van der Waals surface area contributed by atoms with Gasteiger partial charge in [-0.3, -0.25) is 14.5 Å². The Morgan fingerprint density at radius 2 is 1.33 bits per heavy atom. The third kappa shape index (κ3) is 7.13. The fraction of sp³-hybridized carbons (Fsp3) is 0.457. The number of amides is 2. The Morgan fingerprint density at radius 3 is 1.89 bits per heavy atom. The maximum absolute atomic E-state index is 13.9. The van der Waals surface area contributed by atoms with E-state index < -0.39 is 10.0 Å². The Bertz CT molecular complexity index is 1530. The third-order valence-corrected chi connectivity index (χ3v) is 11.5. The van der Waals surface area contributed by atoms with Gasteiger partial charge in [0.05, 0.1) is 23.1 Å². The van der Waals surface area contributed by atoms with E-state index in [4.69, 9.17) is 4.98 Å². The number of sulfonamides is 1. The summed E-state index contributed by atoms with van der Waals surface area (Å²) in [6, 6.07) is 24.1. The molecule has 1 aromatic heterocycles. The largest absolute Gasteiger partial charge is 0.340 e. The molecule has 0 saturated carbocycles. The van der Waals surface area contributed by atoms with Crippen LogP contribution in [-0.4, -0.2) is 108 Å². The van der Waals surface area contributed by atoms with E-state index in [1.807, 2.05) is 82.6 Å². The fourth-order valence-electron chi connectivity index (χ4n) is 6.95. The van der Waals surface area contributed by atoms with E-state index in [0.717, 1.165) is 61.3 Å². The first kappa shape index (κ1) is 31.4. The van der Waals surface area contributed by atoms with Crippen LogP contribution in [0.4, 0.5) is 0 Å². The lowest BCUT2D eigenvalue weighted by molar-refractivity contribution is -0.139. The summed E-state index contributed by atoms with van der Waals surface area (Å²) in [5.41, 5.74) is 4.17. The van der Waals surface area contributed by atoms with E-state index in [0.29, 0.717) is 50.9 Å². The second-order valence-corrected chi connectivity index (χ2v) is 14.6. The van der Waals surface area contributed by atoms with Crippen LogP contribution in [0, 0.1) is 5.92 Å². The summed E-state index contributed by atoms with van der Waals surface area (Å²) in [6.07, 6.45) is 3.60. The molecule has 0 radical (unpaired) electrons. The fourth-order valence-corrected chi connectivity index (χ4v) is 8.04. The van der Waals surface area contributed by atoms with Gasteiger partial charge in [0.2, 0.25) is 15.9 Å². The van der Waals surface area contributed by atoms with Crippen molar-refractivity contribution in [1.82, 2.24) is 24.0 Å². The van der Waals surface area contributed by atoms with Crippen molar-refractivity contribution in [2.45, 2.75) is 38.6 Å². The first-order valence-electron chi connectivity index (χ1n) is 16.3. The molecule has 2 amide bonds. The van der Waals surface area contributed by atoms with Gasteiger partial charge in [-0.2, -0.15) is 4.31 Å². The molecule has 0 bridgehead atoms. The quantitative estimate of drug-likeness (QED) is 0.389. The molecular formula is C35H43N5O4S. The summed E-state index contributed by atoms with van der Waals surface area (Å²) in [4.78, 5) is 38.5. The molecule has 238 valence electrons. The van der Waals surface area contributed by atoms with Crippen LogP contribution in [0.2, 0.25) is 0 Å². The molecule has 10 heteroatoms. The van der Waals surface area contributed by atoms with Gasteiger partial charge in [-0.15, -0.1) is 0 Å². The Kier molecular flexibility index (Phi) is 9.63. The molecule has 3 aliphatic heterocycles. The van der Waals surface area contributed by atoms with Gasteiger partial charge in [0.25, 0.3) is 5.91 Å². The number of piperazine rings is 1. The van der Waals surface area contributed by atoms with E-state index >= 15 is 0 Å². The van der Waals surface area contributed by atoms with E-state index in [-0.39, 0.29) is 23.5 Å². The zero-order valence-electron chi connectivity index (χ0n) is 26.1. The van der Waals surface area contributed by atoms with Gasteiger partial charge in [-0.05, 0) is 51.3 Å². The minimum atomic E-state index is -3.22. The number of aromatic nitrogens is 1. The van der Waals surface area contributed by atoms with Crippen LogP contribution >= 0.6 is 0 Å². The van der Waals surface area contributed by atoms with Crippen molar-refractivity contribution in [3.05, 3.63) is 78.4 Å². The van der Waals surface area contributed by atoms with Crippen molar-refractivity contribution < 1.29 is 18.0 Å². The van der Waals surface area contributed by atoms with Crippen LogP contribution in [-0.2, 0) is 14.8 Å². The topological polar surface area (TPSA) is 94.1 Å². The maximum Gasteiger partial charge on any atom is 0.254 e. The summed E-state index contributed by atoms with van der Waals surface area (Å²) in [5.74, 6) is 0.218. The number of likely N-dealkylation sites (tertiary alicyclic amines) is 2. The number of hydrogen-bond acceptors (Lipinski definition) is 6. The van der Waals surface area contributed by atoms with Crippen molar-refractivity contribution in [3.63, 3.8) is 0 Å². The lowest BCUT2D eigenvalue weighted by Gasteiger charge is -2.43. The highest BCUT2D eigenvalue weighted by atomic mass is 32.2. The van der Waals surface area contributed by atoms with E-state index in [1.54, 1.807) is 6.92 Å². The molecule has 3 aromatic rings. The highest BCUT2D eigenvalue weighted by Crippen LogP contribution is 2.29. The molecule has 45 heavy (non-hydrogen) atoms. The third-order valence-electron chi connectivity index (χ3n) is 9.59. The van der Waals surface area contributed by atoms with Gasteiger partial charge in [-0.25, -0.2) is 13.4 Å². The molecule has 2 aromatic carbocycles. The number of rotatable bonds is 7. The van der Waals surface area contributed by atoms with Crippen molar-refractivity contribution in [3.8, 4) is 22.5 Å². The predicted octanol–water partition coefficient (Wildman–Crippen LogP) is 4.23. The first-order chi connectivity index (χ1) is 21.8. The van der Waals surface area contributed by atoms with Crippen LogP contribution in [0.25, 0.3) is 22.5 Å². The van der Waals surface area contributed by atoms with E-state index in [2.05, 4.69) is 4.90 Å². The predicted molar refractivity (Wildman–Crippen MR) is 176 cm³/mol. The highest BCUT2D eigenvalue weighted by molar-refractivity contribution is 7.89. The number of nitrogens with zero attached hydrogens (tertiary/aromatic N) is 5. The monoisotopic (exact) mass is 629 g/mol. The highest BCUT2D eigenvalue weighted by Gasteiger charge is 2.36. The molecule has 6 rings (SSSR count). The molecule has 4 heterocycles. The van der Waals surface area contributed by atoms with Crippen molar-refractivity contribution in [1.29, 1.82) is 0 Å². The van der Waals surface area contributed by atoms with Crippen molar-refractivity contribution >= 4 is 21.8 Å². The average molecular weight is 630 g/mol. The van der Waals surface area contributed by atoms with Crippen molar-refractivity contribution in [2.75, 3.05) is 58.1 Å². The Balaban J connectivity index is 1.08. The molecule has 3 aliphatic rings. The SMILES string of the molecule is CCS(=O)(=O)N1CCN(C(=O)[C@@H]2CCCN(C3CCN(C(=O)c4cc(-c5ccccc5)nc(-c5ccccc5)c4)CC3)C2)CC1. The molecule has 3 fully saturated rings. The molecule has 3 saturated heterocycles. The molecular weight excluding hydrogens is 586 g/mol. The first-order valence-corrected chi connectivity index (χ1v) is 17.9. The Labute approximate surface area is 266 Å². The van der Waals surface area contributed by atoms with Crippen molar-refractivity contribution in [2.24, 2.45) is 5.92 Å². The van der Waals surface area contributed by atoms with Crippen LogP contribution in [0.5, 0.6) is 0 Å². The smallest absolute Gasteiger partial charge is 0.254 e. The Morgan fingerprint density at radius 1 is 0.756 bits per heavy atom. The molecule has 0 spiro atoms. The normalized spacial score (nSPS) is 20.7. The van der Waals surface area contributed by atoms with Crippen LogP contribution in [0.1, 0.15) is 43.0 Å². The minimum absolute atomic E-state index is 0.0288. The van der Waals surface area contributed by atoms with Crippen LogP contribution < -0.4 is 0 Å². The summed E-state index contributed by atoms with van der Waals surface area (Å²) >= 11 is 0. The van der Waals surface area contributed by atoms with E-state index in [1.165, 1.54) is 4.31 Å². The average Bonchev–Trinajstić information content (AvgIpc) is 3.11. The number of piperidine rings is 2. The number of hydrogen-bond donors (Lipinski definition) is 0. The van der Waals surface area contributed by atoms with Gasteiger partial charge >= 0.3 is 0 Å². The van der Waals surface area contributed by atoms with Crippen LogP contribution in [0.15, 0.2) is 72.8 Å². The van der Waals surface area contributed by atoms with Gasteiger partial charge in [-0.1, -0.05) is 60.7 Å². The summed E-state index contributed by atoms with van der Waals surface area (Å²) in [5, 5.41) is 0. The zero-order valence-corrected chi connectivity index (χ0v) is 26.9. The molecule has 0 aliphatic carbocycles. The second kappa shape index (κ2) is 13.8.